The molecule has 0 aromatic carbocycles. The minimum Gasteiger partial charge on any atom is -0.338 e. The molecule has 2 fully saturated rings. The highest BCUT2D eigenvalue weighted by atomic mass is 16.2. The second-order valence-electron chi connectivity index (χ2n) is 4.87. The number of nitrogens with zero attached hydrogens (tertiary/aromatic N) is 1. The molecule has 0 bridgehead atoms. The second-order valence-corrected chi connectivity index (χ2v) is 4.87. The largest absolute Gasteiger partial charge is 0.338 e. The van der Waals surface area contributed by atoms with E-state index < -0.39 is 0 Å². The Labute approximate surface area is 92.2 Å². The molecule has 1 saturated carbocycles. The van der Waals surface area contributed by atoms with Crippen LogP contribution in [0.25, 0.3) is 0 Å². The van der Waals surface area contributed by atoms with Crippen LogP contribution in [0.1, 0.15) is 44.9 Å². The van der Waals surface area contributed by atoms with E-state index in [9.17, 15) is 4.79 Å². The van der Waals surface area contributed by atoms with Crippen LogP contribution >= 0.6 is 0 Å². The van der Waals surface area contributed by atoms with Gasteiger partial charge in [0.15, 0.2) is 0 Å². The lowest BCUT2D eigenvalue weighted by Crippen LogP contribution is -2.40. The number of carbonyl (C=O) groups excluding carboxylic acids is 1. The molecule has 3 nitrogen and oxygen atoms in total. The molecule has 0 radical (unpaired) electrons. The number of likely N-dealkylation sites (tertiary alicyclic amines) is 1. The first kappa shape index (κ1) is 10.8. The lowest BCUT2D eigenvalue weighted by atomic mass is 10.2. The summed E-state index contributed by atoms with van der Waals surface area (Å²) in [5.74, 6) is 0.912. The fraction of sp³-hybridized carbons (Fsp3) is 0.917. The molecule has 15 heavy (non-hydrogen) atoms. The van der Waals surface area contributed by atoms with Crippen molar-refractivity contribution in [3.63, 3.8) is 0 Å². The summed E-state index contributed by atoms with van der Waals surface area (Å²) in [5, 5.41) is 3.04. The lowest BCUT2D eigenvalue weighted by molar-refractivity contribution is 0.199. The summed E-state index contributed by atoms with van der Waals surface area (Å²) in [4.78, 5) is 13.8. The van der Waals surface area contributed by atoms with Gasteiger partial charge in [0.2, 0.25) is 0 Å². The van der Waals surface area contributed by atoms with Crippen LogP contribution < -0.4 is 5.32 Å². The number of hydrogen-bond donors (Lipinski definition) is 1. The normalized spacial score (nSPS) is 22.3. The molecule has 1 saturated heterocycles. The van der Waals surface area contributed by atoms with Crippen LogP contribution in [0.4, 0.5) is 4.79 Å². The van der Waals surface area contributed by atoms with Gasteiger partial charge in [0, 0.05) is 19.6 Å². The molecule has 0 spiro atoms. The molecule has 86 valence electrons. The van der Waals surface area contributed by atoms with Gasteiger partial charge >= 0.3 is 6.03 Å². The summed E-state index contributed by atoms with van der Waals surface area (Å²) < 4.78 is 0. The summed E-state index contributed by atoms with van der Waals surface area (Å²) in [6.07, 6.45) is 8.85. The van der Waals surface area contributed by atoms with Crippen LogP contribution in [-0.2, 0) is 0 Å². The Hall–Kier alpha value is -0.730. The van der Waals surface area contributed by atoms with E-state index in [2.05, 4.69) is 5.32 Å². The van der Waals surface area contributed by atoms with Crippen LogP contribution in [0.3, 0.4) is 0 Å². The monoisotopic (exact) mass is 210 g/mol. The molecule has 1 N–H and O–H groups in total. The van der Waals surface area contributed by atoms with Crippen molar-refractivity contribution in [2.45, 2.75) is 44.9 Å². The van der Waals surface area contributed by atoms with E-state index in [0.717, 1.165) is 25.6 Å². The van der Waals surface area contributed by atoms with Crippen molar-refractivity contribution in [3.05, 3.63) is 0 Å². The van der Waals surface area contributed by atoms with Crippen LogP contribution in [-0.4, -0.2) is 30.6 Å². The van der Waals surface area contributed by atoms with Gasteiger partial charge in [0.25, 0.3) is 0 Å². The number of nitrogens with one attached hydrogen (secondary N) is 1. The van der Waals surface area contributed by atoms with Gasteiger partial charge < -0.3 is 10.2 Å². The van der Waals surface area contributed by atoms with E-state index in [4.69, 9.17) is 0 Å². The lowest BCUT2D eigenvalue weighted by Gasteiger charge is -2.20. The Kier molecular flexibility index (Phi) is 3.87. The highest BCUT2D eigenvalue weighted by molar-refractivity contribution is 5.74. The maximum absolute atomic E-state index is 11.8. The topological polar surface area (TPSA) is 32.3 Å². The zero-order chi connectivity index (χ0) is 10.5. The van der Waals surface area contributed by atoms with E-state index in [-0.39, 0.29) is 6.03 Å². The number of carbonyl (C=O) groups is 1. The molecule has 1 aliphatic heterocycles. The number of hydrogen-bond acceptors (Lipinski definition) is 1. The van der Waals surface area contributed by atoms with Gasteiger partial charge in [-0.25, -0.2) is 4.79 Å². The van der Waals surface area contributed by atoms with Crippen molar-refractivity contribution in [1.82, 2.24) is 10.2 Å². The van der Waals surface area contributed by atoms with E-state index in [0.29, 0.717) is 0 Å². The first-order chi connectivity index (χ1) is 7.36. The SMILES string of the molecule is O=C(NCCC1CC1)N1CCCCCC1. The quantitative estimate of drug-likeness (QED) is 0.762. The fourth-order valence-electron chi connectivity index (χ4n) is 2.18. The standard InChI is InChI=1S/C12H22N2O/c15-12(13-8-7-11-5-6-11)14-9-3-1-2-4-10-14/h11H,1-10H2,(H,13,15). The van der Waals surface area contributed by atoms with E-state index in [1.54, 1.807) is 0 Å². The van der Waals surface area contributed by atoms with Crippen LogP contribution in [0.15, 0.2) is 0 Å². The molecule has 2 aliphatic rings. The molecule has 0 aromatic heterocycles. The van der Waals surface area contributed by atoms with Gasteiger partial charge in [-0.1, -0.05) is 25.7 Å². The molecule has 1 aliphatic carbocycles. The molecule has 0 aromatic rings. The maximum atomic E-state index is 11.8. The van der Waals surface area contributed by atoms with E-state index in [1.165, 1.54) is 44.9 Å². The van der Waals surface area contributed by atoms with Gasteiger partial charge in [-0.3, -0.25) is 0 Å². The maximum Gasteiger partial charge on any atom is 0.317 e. The van der Waals surface area contributed by atoms with Crippen molar-refractivity contribution in [2.24, 2.45) is 5.92 Å². The average molecular weight is 210 g/mol. The summed E-state index contributed by atoms with van der Waals surface area (Å²) in [7, 11) is 0. The van der Waals surface area contributed by atoms with Gasteiger partial charge in [-0.05, 0) is 25.2 Å². The molecule has 2 amide bonds. The number of rotatable bonds is 3. The molecule has 0 atom stereocenters. The molecule has 2 rings (SSSR count). The third kappa shape index (κ3) is 3.73. The van der Waals surface area contributed by atoms with Gasteiger partial charge in [0.1, 0.15) is 0 Å². The van der Waals surface area contributed by atoms with Crippen molar-refractivity contribution in [1.29, 1.82) is 0 Å². The fourth-order valence-corrected chi connectivity index (χ4v) is 2.18. The Morgan fingerprint density at radius 1 is 1.13 bits per heavy atom. The van der Waals surface area contributed by atoms with Gasteiger partial charge in [0.05, 0.1) is 0 Å². The molecule has 3 heteroatoms. The van der Waals surface area contributed by atoms with Crippen molar-refractivity contribution in [3.8, 4) is 0 Å². The van der Waals surface area contributed by atoms with Crippen LogP contribution in [0, 0.1) is 5.92 Å². The third-order valence-corrected chi connectivity index (χ3v) is 3.42. The zero-order valence-corrected chi connectivity index (χ0v) is 9.50. The third-order valence-electron chi connectivity index (χ3n) is 3.42. The molecular formula is C12H22N2O. The summed E-state index contributed by atoms with van der Waals surface area (Å²) in [5.41, 5.74) is 0. The smallest absolute Gasteiger partial charge is 0.317 e. The second kappa shape index (κ2) is 5.38. The van der Waals surface area contributed by atoms with Crippen LogP contribution in [0.5, 0.6) is 0 Å². The number of urea groups is 1. The Morgan fingerprint density at radius 2 is 1.80 bits per heavy atom. The summed E-state index contributed by atoms with van der Waals surface area (Å²) in [6.45, 7) is 2.78. The molecule has 0 unspecified atom stereocenters. The van der Waals surface area contributed by atoms with Crippen molar-refractivity contribution in [2.75, 3.05) is 19.6 Å². The molecule has 1 heterocycles. The predicted octanol–water partition coefficient (Wildman–Crippen LogP) is 2.37. The van der Waals surface area contributed by atoms with Crippen molar-refractivity contribution < 1.29 is 4.79 Å². The van der Waals surface area contributed by atoms with Gasteiger partial charge in [-0.2, -0.15) is 0 Å². The summed E-state index contributed by atoms with van der Waals surface area (Å²) in [6, 6.07) is 0.164. The minimum atomic E-state index is 0.164. The highest BCUT2D eigenvalue weighted by Gasteiger charge is 2.21. The Morgan fingerprint density at radius 3 is 2.40 bits per heavy atom. The first-order valence-electron chi connectivity index (χ1n) is 6.39. The Bertz CT molecular complexity index is 206. The average Bonchev–Trinajstić information content (AvgIpc) is 3.04. The number of amides is 2. The van der Waals surface area contributed by atoms with Gasteiger partial charge in [-0.15, -0.1) is 0 Å². The zero-order valence-electron chi connectivity index (χ0n) is 9.50. The van der Waals surface area contributed by atoms with E-state index >= 15 is 0 Å². The van der Waals surface area contributed by atoms with Crippen LogP contribution in [0.2, 0.25) is 0 Å². The predicted molar refractivity (Wildman–Crippen MR) is 60.8 cm³/mol. The van der Waals surface area contributed by atoms with Crippen molar-refractivity contribution >= 4 is 6.03 Å². The first-order valence-corrected chi connectivity index (χ1v) is 6.39. The summed E-state index contributed by atoms with van der Waals surface area (Å²) >= 11 is 0. The molecular weight excluding hydrogens is 188 g/mol. The highest BCUT2D eigenvalue weighted by Crippen LogP contribution is 2.31. The minimum absolute atomic E-state index is 0.164. The van der Waals surface area contributed by atoms with E-state index in [1.807, 2.05) is 4.90 Å². The Balaban J connectivity index is 1.63.